The standard InChI is InChI=1S/C13H27N3O2/c1-13(2,3)11(14)12(18)16-8-10(17)6-9(16)7-15(4)5/h9-11,17H,6-8,14H2,1-5H3/t9?,10?,11-/m1/s1. The molecule has 1 amide bonds. The van der Waals surface area contributed by atoms with Gasteiger partial charge in [-0.1, -0.05) is 20.8 Å². The maximum atomic E-state index is 12.4. The largest absolute Gasteiger partial charge is 0.391 e. The first-order valence-electron chi connectivity index (χ1n) is 6.51. The summed E-state index contributed by atoms with van der Waals surface area (Å²) in [6.07, 6.45) is 0.215. The second-order valence-corrected chi connectivity index (χ2v) is 6.64. The van der Waals surface area contributed by atoms with Crippen molar-refractivity contribution < 1.29 is 9.90 Å². The number of carbonyl (C=O) groups excluding carboxylic acids is 1. The van der Waals surface area contributed by atoms with Crippen LogP contribution < -0.4 is 5.73 Å². The molecule has 1 fully saturated rings. The van der Waals surface area contributed by atoms with Crippen molar-refractivity contribution in [1.82, 2.24) is 9.80 Å². The minimum atomic E-state index is -0.521. The molecule has 0 saturated carbocycles. The van der Waals surface area contributed by atoms with Crippen molar-refractivity contribution in [2.45, 2.75) is 45.4 Å². The van der Waals surface area contributed by atoms with E-state index >= 15 is 0 Å². The van der Waals surface area contributed by atoms with Crippen LogP contribution in [0.2, 0.25) is 0 Å². The number of likely N-dealkylation sites (N-methyl/N-ethyl adjacent to an activating group) is 1. The average Bonchev–Trinajstić information content (AvgIpc) is 2.54. The van der Waals surface area contributed by atoms with Crippen LogP contribution >= 0.6 is 0 Å². The van der Waals surface area contributed by atoms with Crippen molar-refractivity contribution in [1.29, 1.82) is 0 Å². The van der Waals surface area contributed by atoms with Crippen LogP contribution in [0, 0.1) is 5.41 Å². The number of β-amino-alcohol motifs (C(OH)–C–C–N with tert-alkyl or cyclic N) is 1. The van der Waals surface area contributed by atoms with Gasteiger partial charge in [0, 0.05) is 19.1 Å². The number of hydrogen-bond donors (Lipinski definition) is 2. The highest BCUT2D eigenvalue weighted by Gasteiger charge is 2.39. The van der Waals surface area contributed by atoms with Gasteiger partial charge in [-0.05, 0) is 25.9 Å². The van der Waals surface area contributed by atoms with Crippen molar-refractivity contribution in [2.24, 2.45) is 11.1 Å². The second kappa shape index (κ2) is 5.55. The SMILES string of the molecule is CN(C)CC1CC(O)CN1C(=O)[C@@H](N)C(C)(C)C. The van der Waals surface area contributed by atoms with Gasteiger partial charge >= 0.3 is 0 Å². The van der Waals surface area contributed by atoms with E-state index in [1.807, 2.05) is 39.8 Å². The number of rotatable bonds is 3. The Balaban J connectivity index is 2.76. The zero-order valence-electron chi connectivity index (χ0n) is 12.2. The highest BCUT2D eigenvalue weighted by molar-refractivity contribution is 5.83. The Labute approximate surface area is 110 Å². The molecule has 18 heavy (non-hydrogen) atoms. The van der Waals surface area contributed by atoms with Crippen LogP contribution in [0.3, 0.4) is 0 Å². The molecule has 2 unspecified atom stereocenters. The highest BCUT2D eigenvalue weighted by Crippen LogP contribution is 2.24. The first-order valence-corrected chi connectivity index (χ1v) is 6.51. The van der Waals surface area contributed by atoms with E-state index in [0.29, 0.717) is 13.0 Å². The molecule has 1 aliphatic heterocycles. The van der Waals surface area contributed by atoms with E-state index in [0.717, 1.165) is 6.54 Å². The van der Waals surface area contributed by atoms with E-state index < -0.39 is 12.1 Å². The predicted octanol–water partition coefficient (Wildman–Crippen LogP) is -0.117. The fourth-order valence-corrected chi connectivity index (χ4v) is 2.31. The van der Waals surface area contributed by atoms with Gasteiger partial charge in [0.05, 0.1) is 12.1 Å². The van der Waals surface area contributed by atoms with E-state index in [1.54, 1.807) is 4.90 Å². The van der Waals surface area contributed by atoms with Gasteiger partial charge in [0.2, 0.25) is 5.91 Å². The number of carbonyl (C=O) groups is 1. The molecule has 0 aliphatic carbocycles. The molecule has 1 heterocycles. The smallest absolute Gasteiger partial charge is 0.240 e. The summed E-state index contributed by atoms with van der Waals surface area (Å²) in [5.41, 5.74) is 5.77. The average molecular weight is 257 g/mol. The van der Waals surface area contributed by atoms with Gasteiger partial charge in [-0.2, -0.15) is 0 Å². The lowest BCUT2D eigenvalue weighted by Crippen LogP contribution is -2.53. The third-order valence-electron chi connectivity index (χ3n) is 3.45. The first kappa shape index (κ1) is 15.4. The third-order valence-corrected chi connectivity index (χ3v) is 3.45. The lowest BCUT2D eigenvalue weighted by Gasteiger charge is -2.33. The van der Waals surface area contributed by atoms with E-state index in [1.165, 1.54) is 0 Å². The van der Waals surface area contributed by atoms with Crippen molar-refractivity contribution in [3.63, 3.8) is 0 Å². The summed E-state index contributed by atoms with van der Waals surface area (Å²) in [6, 6.07) is -0.455. The van der Waals surface area contributed by atoms with Gasteiger partial charge in [-0.15, -0.1) is 0 Å². The molecule has 3 atom stereocenters. The number of amides is 1. The lowest BCUT2D eigenvalue weighted by molar-refractivity contribution is -0.136. The van der Waals surface area contributed by atoms with Gasteiger partial charge in [0.15, 0.2) is 0 Å². The fourth-order valence-electron chi connectivity index (χ4n) is 2.31. The Bertz CT molecular complexity index is 299. The summed E-state index contributed by atoms with van der Waals surface area (Å²) in [6.45, 7) is 7.05. The molecule has 0 bridgehead atoms. The molecule has 0 aromatic rings. The van der Waals surface area contributed by atoms with E-state index in [-0.39, 0.29) is 17.4 Å². The number of nitrogens with two attached hydrogens (primary N) is 1. The monoisotopic (exact) mass is 257 g/mol. The number of aliphatic hydroxyl groups excluding tert-OH is 1. The van der Waals surface area contributed by atoms with Gasteiger partial charge in [-0.3, -0.25) is 4.79 Å². The third kappa shape index (κ3) is 3.67. The summed E-state index contributed by atoms with van der Waals surface area (Å²) in [5, 5.41) is 9.76. The van der Waals surface area contributed by atoms with Crippen LogP contribution in [0.15, 0.2) is 0 Å². The number of nitrogens with zero attached hydrogens (tertiary/aromatic N) is 2. The molecular weight excluding hydrogens is 230 g/mol. The van der Waals surface area contributed by atoms with Gasteiger partial charge in [-0.25, -0.2) is 0 Å². The quantitative estimate of drug-likeness (QED) is 0.740. The summed E-state index contributed by atoms with van der Waals surface area (Å²) in [4.78, 5) is 16.2. The second-order valence-electron chi connectivity index (χ2n) is 6.64. The molecule has 0 radical (unpaired) electrons. The van der Waals surface area contributed by atoms with Gasteiger partial charge in [0.25, 0.3) is 0 Å². The van der Waals surface area contributed by atoms with Crippen LogP contribution in [0.4, 0.5) is 0 Å². The Hall–Kier alpha value is -0.650. The van der Waals surface area contributed by atoms with Crippen LogP contribution in [0.1, 0.15) is 27.2 Å². The van der Waals surface area contributed by atoms with Crippen molar-refractivity contribution in [3.05, 3.63) is 0 Å². The normalized spacial score (nSPS) is 26.8. The van der Waals surface area contributed by atoms with Crippen LogP contribution in [-0.4, -0.2) is 66.2 Å². The molecule has 0 aromatic heterocycles. The Kier molecular flexibility index (Phi) is 4.75. The topological polar surface area (TPSA) is 69.8 Å². The van der Waals surface area contributed by atoms with Crippen LogP contribution in [0.25, 0.3) is 0 Å². The Morgan fingerprint density at radius 3 is 2.50 bits per heavy atom. The molecule has 0 aromatic carbocycles. The summed E-state index contributed by atoms with van der Waals surface area (Å²) < 4.78 is 0. The maximum absolute atomic E-state index is 12.4. The van der Waals surface area contributed by atoms with E-state index in [2.05, 4.69) is 0 Å². The number of likely N-dealkylation sites (tertiary alicyclic amines) is 1. The van der Waals surface area contributed by atoms with Crippen molar-refractivity contribution in [2.75, 3.05) is 27.2 Å². The maximum Gasteiger partial charge on any atom is 0.240 e. The van der Waals surface area contributed by atoms with Crippen molar-refractivity contribution in [3.8, 4) is 0 Å². The molecule has 5 heteroatoms. The molecule has 3 N–H and O–H groups in total. The molecule has 1 aliphatic rings. The molecule has 106 valence electrons. The van der Waals surface area contributed by atoms with Crippen molar-refractivity contribution >= 4 is 5.91 Å². The molecule has 1 saturated heterocycles. The molecular formula is C13H27N3O2. The summed E-state index contributed by atoms with van der Waals surface area (Å²) in [5.74, 6) is -0.0501. The van der Waals surface area contributed by atoms with E-state index in [9.17, 15) is 9.90 Å². The Morgan fingerprint density at radius 2 is 2.06 bits per heavy atom. The Morgan fingerprint density at radius 1 is 1.50 bits per heavy atom. The molecule has 5 nitrogen and oxygen atoms in total. The zero-order valence-corrected chi connectivity index (χ0v) is 12.2. The van der Waals surface area contributed by atoms with E-state index in [4.69, 9.17) is 5.73 Å². The van der Waals surface area contributed by atoms with Gasteiger partial charge in [0.1, 0.15) is 0 Å². The molecule has 1 rings (SSSR count). The first-order chi connectivity index (χ1) is 8.12. The van der Waals surface area contributed by atoms with Crippen LogP contribution in [-0.2, 0) is 4.79 Å². The zero-order chi connectivity index (χ0) is 14.1. The van der Waals surface area contributed by atoms with Crippen LogP contribution in [0.5, 0.6) is 0 Å². The number of hydrogen-bond acceptors (Lipinski definition) is 4. The molecule has 0 spiro atoms. The highest BCUT2D eigenvalue weighted by atomic mass is 16.3. The predicted molar refractivity (Wildman–Crippen MR) is 72.1 cm³/mol. The lowest BCUT2D eigenvalue weighted by atomic mass is 9.86. The minimum absolute atomic E-state index is 0.0501. The fraction of sp³-hybridized carbons (Fsp3) is 0.923. The van der Waals surface area contributed by atoms with Gasteiger partial charge < -0.3 is 20.6 Å². The summed E-state index contributed by atoms with van der Waals surface area (Å²) >= 11 is 0. The minimum Gasteiger partial charge on any atom is -0.391 e. The number of aliphatic hydroxyl groups is 1. The summed E-state index contributed by atoms with van der Waals surface area (Å²) in [7, 11) is 3.94.